The van der Waals surface area contributed by atoms with Gasteiger partial charge in [0.1, 0.15) is 5.75 Å². The van der Waals surface area contributed by atoms with Gasteiger partial charge in [-0.05, 0) is 50.4 Å². The van der Waals surface area contributed by atoms with Gasteiger partial charge in [0.15, 0.2) is 0 Å². The van der Waals surface area contributed by atoms with Crippen molar-refractivity contribution in [2.75, 3.05) is 32.8 Å². The van der Waals surface area contributed by atoms with Gasteiger partial charge in [0.05, 0.1) is 12.7 Å². The maximum atomic E-state index is 5.84. The zero-order valence-electron chi connectivity index (χ0n) is 13.1. The molecule has 1 heterocycles. The molecule has 118 valence electrons. The summed E-state index contributed by atoms with van der Waals surface area (Å²) >= 11 is 0. The molecule has 1 fully saturated rings. The van der Waals surface area contributed by atoms with Crippen LogP contribution in [0.5, 0.6) is 5.75 Å². The van der Waals surface area contributed by atoms with Crippen LogP contribution in [-0.2, 0) is 11.3 Å². The number of benzene rings is 1. The van der Waals surface area contributed by atoms with E-state index in [0.29, 0.717) is 6.10 Å². The molecule has 0 aromatic heterocycles. The molecule has 0 aliphatic carbocycles. The van der Waals surface area contributed by atoms with E-state index in [1.165, 1.54) is 5.56 Å². The first-order valence-electron chi connectivity index (χ1n) is 8.07. The van der Waals surface area contributed by atoms with Crippen LogP contribution in [0.1, 0.15) is 31.7 Å². The molecule has 2 rings (SSSR count). The van der Waals surface area contributed by atoms with Crippen molar-refractivity contribution in [1.29, 1.82) is 0 Å². The highest BCUT2D eigenvalue weighted by molar-refractivity contribution is 5.27. The Kier molecular flexibility index (Phi) is 7.00. The molecule has 0 unspecified atom stereocenters. The Hall–Kier alpha value is -1.10. The molecule has 1 aliphatic rings. The van der Waals surface area contributed by atoms with Crippen LogP contribution in [0.2, 0.25) is 0 Å². The van der Waals surface area contributed by atoms with Gasteiger partial charge in [0, 0.05) is 26.2 Å². The van der Waals surface area contributed by atoms with Crippen LogP contribution in [0.15, 0.2) is 24.3 Å². The zero-order chi connectivity index (χ0) is 14.9. The quantitative estimate of drug-likeness (QED) is 0.748. The molecule has 1 aromatic rings. The van der Waals surface area contributed by atoms with E-state index in [9.17, 15) is 0 Å². The largest absolute Gasteiger partial charge is 0.494 e. The Morgan fingerprint density at radius 2 is 1.90 bits per heavy atom. The summed E-state index contributed by atoms with van der Waals surface area (Å²) in [6, 6.07) is 8.44. The van der Waals surface area contributed by atoms with Gasteiger partial charge in [-0.15, -0.1) is 0 Å². The summed E-state index contributed by atoms with van der Waals surface area (Å²) in [7, 11) is 0. The van der Waals surface area contributed by atoms with Crippen LogP contribution in [-0.4, -0.2) is 43.9 Å². The second-order valence-corrected chi connectivity index (χ2v) is 5.57. The molecule has 4 heteroatoms. The number of nitrogens with zero attached hydrogens (tertiary/aromatic N) is 1. The molecule has 0 spiro atoms. The predicted molar refractivity (Wildman–Crippen MR) is 85.5 cm³/mol. The lowest BCUT2D eigenvalue weighted by Gasteiger charge is -2.32. The van der Waals surface area contributed by atoms with E-state index in [1.54, 1.807) is 0 Å². The number of piperidine rings is 1. The Balaban J connectivity index is 1.70. The van der Waals surface area contributed by atoms with Crippen molar-refractivity contribution >= 4 is 0 Å². The first-order chi connectivity index (χ1) is 10.3. The van der Waals surface area contributed by atoms with Gasteiger partial charge in [0.25, 0.3) is 0 Å². The maximum absolute atomic E-state index is 5.84. The van der Waals surface area contributed by atoms with Crippen molar-refractivity contribution in [1.82, 2.24) is 4.90 Å². The number of nitrogens with two attached hydrogens (primary N) is 1. The molecular weight excluding hydrogens is 264 g/mol. The third kappa shape index (κ3) is 5.65. The molecule has 1 aliphatic heterocycles. The minimum absolute atomic E-state index is 0.424. The fraction of sp³-hybridized carbons (Fsp3) is 0.647. The van der Waals surface area contributed by atoms with Gasteiger partial charge in [-0.3, -0.25) is 4.90 Å². The Bertz CT molecular complexity index is 386. The highest BCUT2D eigenvalue weighted by atomic mass is 16.5. The highest BCUT2D eigenvalue weighted by Gasteiger charge is 2.19. The maximum Gasteiger partial charge on any atom is 0.119 e. The van der Waals surface area contributed by atoms with Crippen molar-refractivity contribution in [2.45, 2.75) is 38.8 Å². The van der Waals surface area contributed by atoms with Gasteiger partial charge in [-0.2, -0.15) is 0 Å². The average molecular weight is 292 g/mol. The molecule has 0 radical (unpaired) electrons. The first-order valence-corrected chi connectivity index (χ1v) is 8.07. The van der Waals surface area contributed by atoms with Crippen LogP contribution in [0.25, 0.3) is 0 Å². The van der Waals surface area contributed by atoms with E-state index in [0.717, 1.165) is 64.4 Å². The van der Waals surface area contributed by atoms with Crippen LogP contribution in [0.3, 0.4) is 0 Å². The summed E-state index contributed by atoms with van der Waals surface area (Å²) in [5.74, 6) is 0.952. The number of ether oxygens (including phenoxy) is 2. The minimum Gasteiger partial charge on any atom is -0.494 e. The first kappa shape index (κ1) is 16.3. The number of likely N-dealkylation sites (tertiary alicyclic amines) is 1. The summed E-state index contributed by atoms with van der Waals surface area (Å²) in [5, 5.41) is 0. The molecule has 1 aromatic carbocycles. The van der Waals surface area contributed by atoms with Crippen molar-refractivity contribution < 1.29 is 9.47 Å². The van der Waals surface area contributed by atoms with Crippen LogP contribution in [0, 0.1) is 0 Å². The number of rotatable bonds is 8. The summed E-state index contributed by atoms with van der Waals surface area (Å²) in [6.07, 6.45) is 3.64. The summed E-state index contributed by atoms with van der Waals surface area (Å²) < 4.78 is 11.3. The molecule has 0 bridgehead atoms. The Morgan fingerprint density at radius 3 is 2.52 bits per heavy atom. The summed E-state index contributed by atoms with van der Waals surface area (Å²) in [6.45, 7) is 7.49. The molecule has 1 saturated heterocycles. The molecule has 4 nitrogen and oxygen atoms in total. The van der Waals surface area contributed by atoms with E-state index in [4.69, 9.17) is 15.2 Å². The lowest BCUT2D eigenvalue weighted by atomic mass is 10.1. The van der Waals surface area contributed by atoms with Crippen LogP contribution < -0.4 is 10.5 Å². The molecule has 2 N–H and O–H groups in total. The highest BCUT2D eigenvalue weighted by Crippen LogP contribution is 2.18. The molecule has 0 saturated carbocycles. The third-order valence-corrected chi connectivity index (χ3v) is 3.88. The summed E-state index contributed by atoms with van der Waals surface area (Å²) in [5.41, 5.74) is 6.83. The average Bonchev–Trinajstić information content (AvgIpc) is 2.51. The third-order valence-electron chi connectivity index (χ3n) is 3.88. The normalized spacial score (nSPS) is 17.0. The van der Waals surface area contributed by atoms with E-state index < -0.39 is 0 Å². The zero-order valence-corrected chi connectivity index (χ0v) is 13.1. The SMILES string of the molecule is CCOc1ccc(CN2CCC(OCCCN)CC2)cc1. The smallest absolute Gasteiger partial charge is 0.119 e. The molecule has 0 atom stereocenters. The summed E-state index contributed by atoms with van der Waals surface area (Å²) in [4.78, 5) is 2.50. The predicted octanol–water partition coefficient (Wildman–Crippen LogP) is 2.42. The molecule has 21 heavy (non-hydrogen) atoms. The van der Waals surface area contributed by atoms with Crippen molar-refractivity contribution in [2.24, 2.45) is 5.73 Å². The van der Waals surface area contributed by atoms with Crippen molar-refractivity contribution in [3.63, 3.8) is 0 Å². The van der Waals surface area contributed by atoms with E-state index >= 15 is 0 Å². The second kappa shape index (κ2) is 9.03. The second-order valence-electron chi connectivity index (χ2n) is 5.57. The van der Waals surface area contributed by atoms with E-state index in [1.807, 2.05) is 6.92 Å². The van der Waals surface area contributed by atoms with Gasteiger partial charge in [-0.25, -0.2) is 0 Å². The van der Waals surface area contributed by atoms with Gasteiger partial charge >= 0.3 is 0 Å². The Morgan fingerprint density at radius 1 is 1.19 bits per heavy atom. The van der Waals surface area contributed by atoms with Crippen molar-refractivity contribution in [3.8, 4) is 5.75 Å². The topological polar surface area (TPSA) is 47.7 Å². The minimum atomic E-state index is 0.424. The lowest BCUT2D eigenvalue weighted by Crippen LogP contribution is -2.36. The fourth-order valence-corrected chi connectivity index (χ4v) is 2.68. The number of hydrogen-bond acceptors (Lipinski definition) is 4. The molecule has 0 amide bonds. The van der Waals surface area contributed by atoms with E-state index in [-0.39, 0.29) is 0 Å². The molecular formula is C17H28N2O2. The monoisotopic (exact) mass is 292 g/mol. The standard InChI is InChI=1S/C17H28N2O2/c1-2-20-16-6-4-15(5-7-16)14-19-11-8-17(9-12-19)21-13-3-10-18/h4-7,17H,2-3,8-14,18H2,1H3. The van der Waals surface area contributed by atoms with Crippen LogP contribution >= 0.6 is 0 Å². The van der Waals surface area contributed by atoms with Gasteiger partial charge in [0.2, 0.25) is 0 Å². The fourth-order valence-electron chi connectivity index (χ4n) is 2.68. The lowest BCUT2D eigenvalue weighted by molar-refractivity contribution is 0.00563. The van der Waals surface area contributed by atoms with Crippen molar-refractivity contribution in [3.05, 3.63) is 29.8 Å². The Labute approximate surface area is 128 Å². The van der Waals surface area contributed by atoms with Crippen LogP contribution in [0.4, 0.5) is 0 Å². The van der Waals surface area contributed by atoms with Gasteiger partial charge in [-0.1, -0.05) is 12.1 Å². The van der Waals surface area contributed by atoms with E-state index in [2.05, 4.69) is 29.2 Å². The van der Waals surface area contributed by atoms with Gasteiger partial charge < -0.3 is 15.2 Å². The number of hydrogen-bond donors (Lipinski definition) is 1.